The molecule has 0 spiro atoms. The lowest BCUT2D eigenvalue weighted by Crippen LogP contribution is -2.46. The zero-order valence-electron chi connectivity index (χ0n) is 13.2. The van der Waals surface area contributed by atoms with Gasteiger partial charge in [-0.05, 0) is 35.4 Å². The highest BCUT2D eigenvalue weighted by molar-refractivity contribution is 5.85. The van der Waals surface area contributed by atoms with Gasteiger partial charge < -0.3 is 15.5 Å². The number of aromatic hydroxyl groups is 2. The van der Waals surface area contributed by atoms with Crippen LogP contribution in [0.3, 0.4) is 0 Å². The minimum atomic E-state index is -0.136. The summed E-state index contributed by atoms with van der Waals surface area (Å²) in [5, 5.41) is 22.5. The van der Waals surface area contributed by atoms with Gasteiger partial charge in [0.2, 0.25) is 0 Å². The first-order valence-corrected chi connectivity index (χ1v) is 7.85. The molecule has 0 aliphatic carbocycles. The molecule has 1 fully saturated rings. The van der Waals surface area contributed by atoms with Gasteiger partial charge in [0.25, 0.3) is 0 Å². The first-order chi connectivity index (χ1) is 11.0. The summed E-state index contributed by atoms with van der Waals surface area (Å²) in [5.74, 6) is 0.379. The summed E-state index contributed by atoms with van der Waals surface area (Å²) in [6.07, 6.45) is 0. The van der Waals surface area contributed by atoms with Gasteiger partial charge in [-0.15, -0.1) is 0 Å². The van der Waals surface area contributed by atoms with Crippen LogP contribution in [0.25, 0.3) is 0 Å². The molecule has 0 saturated carbocycles. The highest BCUT2D eigenvalue weighted by Crippen LogP contribution is 2.38. The van der Waals surface area contributed by atoms with Gasteiger partial charge in [0, 0.05) is 23.9 Å². The van der Waals surface area contributed by atoms with Crippen LogP contribution in [0.1, 0.15) is 37.1 Å². The Bertz CT molecular complexity index is 634. The highest BCUT2D eigenvalue weighted by Gasteiger charge is 2.40. The fourth-order valence-electron chi connectivity index (χ4n) is 3.36. The fourth-order valence-corrected chi connectivity index (χ4v) is 3.36. The zero-order chi connectivity index (χ0) is 16.6. The predicted octanol–water partition coefficient (Wildman–Crippen LogP) is 3.32. The van der Waals surface area contributed by atoms with Crippen LogP contribution in [0.15, 0.2) is 48.5 Å². The number of Topliss-reactive ketones (excluding diaryl/α,β-unsaturated/α-hetero) is 1. The highest BCUT2D eigenvalue weighted by atomic mass is 16.3. The molecule has 120 valence electrons. The molecule has 0 aromatic heterocycles. The third-order valence-electron chi connectivity index (χ3n) is 4.76. The van der Waals surface area contributed by atoms with Gasteiger partial charge in [0.15, 0.2) is 0 Å². The van der Waals surface area contributed by atoms with Gasteiger partial charge >= 0.3 is 0 Å². The molecule has 1 saturated heterocycles. The summed E-state index contributed by atoms with van der Waals surface area (Å²) in [6, 6.07) is 13.8. The molecule has 0 bridgehead atoms. The van der Waals surface area contributed by atoms with E-state index >= 15 is 0 Å². The second-order valence-electron chi connectivity index (χ2n) is 6.28. The van der Waals surface area contributed by atoms with E-state index in [1.807, 2.05) is 38.1 Å². The van der Waals surface area contributed by atoms with Gasteiger partial charge in [-0.3, -0.25) is 4.79 Å². The number of phenols is 2. The molecule has 3 N–H and O–H groups in total. The summed E-state index contributed by atoms with van der Waals surface area (Å²) in [4.78, 5) is 12.7. The molecule has 0 radical (unpaired) electrons. The number of carbonyl (C=O) groups excluding carboxylic acids is 1. The van der Waals surface area contributed by atoms with Crippen molar-refractivity contribution in [2.24, 2.45) is 11.8 Å². The van der Waals surface area contributed by atoms with Crippen LogP contribution in [-0.2, 0) is 4.79 Å². The maximum Gasteiger partial charge on any atom is 0.142 e. The average Bonchev–Trinajstić information content (AvgIpc) is 2.55. The van der Waals surface area contributed by atoms with Crippen molar-refractivity contribution in [3.05, 3.63) is 59.7 Å². The molecule has 23 heavy (non-hydrogen) atoms. The number of hydrogen-bond acceptors (Lipinski definition) is 4. The molecule has 4 heteroatoms. The Morgan fingerprint density at radius 1 is 0.739 bits per heavy atom. The van der Waals surface area contributed by atoms with Crippen molar-refractivity contribution in [1.29, 1.82) is 0 Å². The van der Waals surface area contributed by atoms with E-state index in [1.165, 1.54) is 0 Å². The summed E-state index contributed by atoms with van der Waals surface area (Å²) in [6.45, 7) is 3.88. The van der Waals surface area contributed by atoms with E-state index in [2.05, 4.69) is 5.32 Å². The minimum Gasteiger partial charge on any atom is -0.508 e. The summed E-state index contributed by atoms with van der Waals surface area (Å²) in [7, 11) is 0. The lowest BCUT2D eigenvalue weighted by molar-refractivity contribution is -0.130. The van der Waals surface area contributed by atoms with Crippen LogP contribution in [0.2, 0.25) is 0 Å². The molecule has 1 aliphatic heterocycles. The zero-order valence-corrected chi connectivity index (χ0v) is 13.2. The largest absolute Gasteiger partial charge is 0.508 e. The van der Waals surface area contributed by atoms with Crippen LogP contribution in [-0.4, -0.2) is 16.0 Å². The number of ketones is 1. The van der Waals surface area contributed by atoms with Crippen molar-refractivity contribution in [3.8, 4) is 11.5 Å². The van der Waals surface area contributed by atoms with Crippen molar-refractivity contribution in [2.75, 3.05) is 0 Å². The van der Waals surface area contributed by atoms with Gasteiger partial charge in [0.1, 0.15) is 17.3 Å². The van der Waals surface area contributed by atoms with E-state index in [9.17, 15) is 15.0 Å². The molecule has 4 nitrogen and oxygen atoms in total. The quantitative estimate of drug-likeness (QED) is 0.796. The standard InChI is InChI=1S/C19H21NO3/c1-11-17(13-3-7-15(21)8-4-13)20-18(12(2)19(11)23)14-5-9-16(22)10-6-14/h3-12,17-18,20-22H,1-2H3/t11-,12+,17-,18+. The third-order valence-corrected chi connectivity index (χ3v) is 4.76. The molecular weight excluding hydrogens is 290 g/mol. The molecule has 4 atom stereocenters. The topological polar surface area (TPSA) is 69.6 Å². The Hall–Kier alpha value is -2.33. The van der Waals surface area contributed by atoms with Crippen molar-refractivity contribution in [3.63, 3.8) is 0 Å². The van der Waals surface area contributed by atoms with Crippen molar-refractivity contribution in [2.45, 2.75) is 25.9 Å². The van der Waals surface area contributed by atoms with Gasteiger partial charge in [-0.2, -0.15) is 0 Å². The summed E-state index contributed by atoms with van der Waals surface area (Å²) >= 11 is 0. The second-order valence-corrected chi connectivity index (χ2v) is 6.28. The Morgan fingerprint density at radius 2 is 1.09 bits per heavy atom. The Kier molecular flexibility index (Phi) is 4.09. The molecule has 2 aromatic rings. The number of nitrogens with one attached hydrogen (secondary N) is 1. The number of rotatable bonds is 2. The lowest BCUT2D eigenvalue weighted by Gasteiger charge is -2.39. The number of carbonyl (C=O) groups is 1. The van der Waals surface area contributed by atoms with Crippen molar-refractivity contribution in [1.82, 2.24) is 5.32 Å². The third kappa shape index (κ3) is 2.94. The molecular formula is C19H21NO3. The van der Waals surface area contributed by atoms with Gasteiger partial charge in [-0.1, -0.05) is 38.1 Å². The summed E-state index contributed by atoms with van der Waals surface area (Å²) in [5.41, 5.74) is 1.97. The Morgan fingerprint density at radius 3 is 1.43 bits per heavy atom. The second kappa shape index (κ2) is 6.05. The first kappa shape index (κ1) is 15.6. The normalized spacial score (nSPS) is 27.8. The van der Waals surface area contributed by atoms with Crippen molar-refractivity contribution >= 4 is 5.78 Å². The molecule has 1 aliphatic rings. The van der Waals surface area contributed by atoms with Crippen LogP contribution in [0.4, 0.5) is 0 Å². The van der Waals surface area contributed by atoms with Gasteiger partial charge in [-0.25, -0.2) is 0 Å². The van der Waals surface area contributed by atoms with Gasteiger partial charge in [0.05, 0.1) is 0 Å². The lowest BCUT2D eigenvalue weighted by atomic mass is 9.76. The fraction of sp³-hybridized carbons (Fsp3) is 0.316. The van der Waals surface area contributed by atoms with Crippen LogP contribution in [0, 0.1) is 11.8 Å². The van der Waals surface area contributed by atoms with E-state index in [-0.39, 0.29) is 41.2 Å². The Labute approximate surface area is 135 Å². The molecule has 2 aromatic carbocycles. The number of phenolic OH excluding ortho intramolecular Hbond substituents is 2. The predicted molar refractivity (Wildman–Crippen MR) is 88.2 cm³/mol. The SMILES string of the molecule is C[C@@H]1C(=O)[C@H](C)[C@H](c2ccc(O)cc2)N[C@@H]1c1ccc(O)cc1. The molecule has 1 heterocycles. The number of piperidine rings is 1. The number of hydrogen-bond donors (Lipinski definition) is 3. The minimum absolute atomic E-state index is 0.0990. The maximum atomic E-state index is 12.7. The van der Waals surface area contributed by atoms with E-state index < -0.39 is 0 Å². The van der Waals surface area contributed by atoms with Crippen molar-refractivity contribution < 1.29 is 15.0 Å². The van der Waals surface area contributed by atoms with Crippen LogP contribution >= 0.6 is 0 Å². The van der Waals surface area contributed by atoms with E-state index in [0.717, 1.165) is 11.1 Å². The van der Waals surface area contributed by atoms with E-state index in [0.29, 0.717) is 0 Å². The number of benzene rings is 2. The smallest absolute Gasteiger partial charge is 0.142 e. The van der Waals surface area contributed by atoms with E-state index in [1.54, 1.807) is 24.3 Å². The van der Waals surface area contributed by atoms with Crippen LogP contribution < -0.4 is 5.32 Å². The average molecular weight is 311 g/mol. The van der Waals surface area contributed by atoms with Crippen LogP contribution in [0.5, 0.6) is 11.5 Å². The maximum absolute atomic E-state index is 12.7. The monoisotopic (exact) mass is 311 g/mol. The molecule has 0 unspecified atom stereocenters. The molecule has 0 amide bonds. The van der Waals surface area contributed by atoms with E-state index in [4.69, 9.17) is 0 Å². The summed E-state index contributed by atoms with van der Waals surface area (Å²) < 4.78 is 0. The first-order valence-electron chi connectivity index (χ1n) is 7.85. The molecule has 3 rings (SSSR count). The Balaban J connectivity index is 1.94.